The van der Waals surface area contributed by atoms with Crippen LogP contribution in [0.5, 0.6) is 0 Å². The van der Waals surface area contributed by atoms with E-state index in [4.69, 9.17) is 11.6 Å². The van der Waals surface area contributed by atoms with Gasteiger partial charge in [0.05, 0.1) is 16.8 Å². The third-order valence-corrected chi connectivity index (χ3v) is 4.01. The molecular formula is C11H12BrClN2S. The van der Waals surface area contributed by atoms with E-state index in [0.29, 0.717) is 11.1 Å². The lowest BCUT2D eigenvalue weighted by atomic mass is 10.3. The van der Waals surface area contributed by atoms with E-state index in [0.717, 1.165) is 27.5 Å². The van der Waals surface area contributed by atoms with Crippen molar-refractivity contribution in [3.63, 3.8) is 0 Å². The molecule has 1 unspecified atom stereocenters. The zero-order valence-electron chi connectivity index (χ0n) is 8.84. The van der Waals surface area contributed by atoms with Gasteiger partial charge in [0.25, 0.3) is 0 Å². The molecule has 0 bridgehead atoms. The maximum absolute atomic E-state index is 6.13. The van der Waals surface area contributed by atoms with Crippen LogP contribution in [0.25, 0.3) is 0 Å². The van der Waals surface area contributed by atoms with Gasteiger partial charge in [-0.25, -0.2) is 0 Å². The molecule has 5 heteroatoms. The minimum Gasteiger partial charge on any atom is -0.334 e. The first-order chi connectivity index (χ1) is 7.65. The van der Waals surface area contributed by atoms with Gasteiger partial charge in [-0.3, -0.25) is 4.99 Å². The SMILES string of the molecule is CC1CCSC(Nc2ccc(Br)cc2Cl)=N1. The number of halogens is 2. The number of amidine groups is 1. The molecule has 0 radical (unpaired) electrons. The van der Waals surface area contributed by atoms with Crippen molar-refractivity contribution in [2.24, 2.45) is 4.99 Å². The number of rotatable bonds is 1. The molecule has 0 aliphatic carbocycles. The van der Waals surface area contributed by atoms with Gasteiger partial charge in [0, 0.05) is 10.2 Å². The molecule has 1 atom stereocenters. The van der Waals surface area contributed by atoms with Gasteiger partial charge in [0.1, 0.15) is 0 Å². The van der Waals surface area contributed by atoms with Crippen LogP contribution in [0.3, 0.4) is 0 Å². The molecule has 0 amide bonds. The smallest absolute Gasteiger partial charge is 0.161 e. The molecule has 0 aromatic heterocycles. The van der Waals surface area contributed by atoms with Gasteiger partial charge in [0.15, 0.2) is 5.17 Å². The molecule has 0 spiro atoms. The van der Waals surface area contributed by atoms with Crippen molar-refractivity contribution < 1.29 is 0 Å². The van der Waals surface area contributed by atoms with Crippen LogP contribution in [-0.4, -0.2) is 17.0 Å². The molecule has 2 nitrogen and oxygen atoms in total. The molecule has 1 aliphatic rings. The summed E-state index contributed by atoms with van der Waals surface area (Å²) in [7, 11) is 0. The Morgan fingerprint density at radius 1 is 1.56 bits per heavy atom. The summed E-state index contributed by atoms with van der Waals surface area (Å²) in [4.78, 5) is 4.54. The highest BCUT2D eigenvalue weighted by Crippen LogP contribution is 2.27. The fourth-order valence-electron chi connectivity index (χ4n) is 1.40. The second-order valence-electron chi connectivity index (χ2n) is 3.67. The second kappa shape index (κ2) is 5.43. The average Bonchev–Trinajstić information content (AvgIpc) is 2.22. The summed E-state index contributed by atoms with van der Waals surface area (Å²) >= 11 is 11.3. The Kier molecular flexibility index (Phi) is 4.16. The number of aliphatic imine (C=N–C) groups is 1. The van der Waals surface area contributed by atoms with E-state index >= 15 is 0 Å². The topological polar surface area (TPSA) is 24.4 Å². The summed E-state index contributed by atoms with van der Waals surface area (Å²) in [5.74, 6) is 1.11. The maximum atomic E-state index is 6.13. The molecule has 1 N–H and O–H groups in total. The normalized spacial score (nSPS) is 20.4. The zero-order valence-corrected chi connectivity index (χ0v) is 12.0. The first-order valence-electron chi connectivity index (χ1n) is 5.08. The van der Waals surface area contributed by atoms with Gasteiger partial charge in [-0.2, -0.15) is 0 Å². The lowest BCUT2D eigenvalue weighted by Crippen LogP contribution is -2.18. The molecular weight excluding hydrogens is 308 g/mol. The van der Waals surface area contributed by atoms with Crippen molar-refractivity contribution in [1.82, 2.24) is 0 Å². The van der Waals surface area contributed by atoms with Crippen LogP contribution < -0.4 is 5.32 Å². The van der Waals surface area contributed by atoms with Crippen molar-refractivity contribution in [3.05, 3.63) is 27.7 Å². The van der Waals surface area contributed by atoms with E-state index in [1.165, 1.54) is 0 Å². The van der Waals surface area contributed by atoms with Crippen LogP contribution in [0.15, 0.2) is 27.7 Å². The molecule has 1 heterocycles. The molecule has 16 heavy (non-hydrogen) atoms. The van der Waals surface area contributed by atoms with Gasteiger partial charge >= 0.3 is 0 Å². The lowest BCUT2D eigenvalue weighted by molar-refractivity contribution is 0.720. The highest BCUT2D eigenvalue weighted by Gasteiger charge is 2.12. The number of benzene rings is 1. The molecule has 1 aliphatic heterocycles. The van der Waals surface area contributed by atoms with Gasteiger partial charge in [-0.05, 0) is 31.5 Å². The first-order valence-corrected chi connectivity index (χ1v) is 7.23. The summed E-state index contributed by atoms with van der Waals surface area (Å²) in [6.45, 7) is 2.13. The highest BCUT2D eigenvalue weighted by atomic mass is 79.9. The Morgan fingerprint density at radius 3 is 3.06 bits per heavy atom. The summed E-state index contributed by atoms with van der Waals surface area (Å²) in [6.07, 6.45) is 1.14. The van der Waals surface area contributed by atoms with Gasteiger partial charge in [-0.1, -0.05) is 39.3 Å². The van der Waals surface area contributed by atoms with Crippen LogP contribution in [0.2, 0.25) is 5.02 Å². The van der Waals surface area contributed by atoms with E-state index in [1.54, 1.807) is 11.8 Å². The fourth-order valence-corrected chi connectivity index (χ4v) is 3.21. The lowest BCUT2D eigenvalue weighted by Gasteiger charge is -2.18. The van der Waals surface area contributed by atoms with Crippen molar-refractivity contribution >= 4 is 50.1 Å². The van der Waals surface area contributed by atoms with Crippen LogP contribution in [0, 0.1) is 0 Å². The van der Waals surface area contributed by atoms with Crippen LogP contribution in [0.4, 0.5) is 5.69 Å². The van der Waals surface area contributed by atoms with E-state index in [9.17, 15) is 0 Å². The predicted octanol–water partition coefficient (Wildman–Crippen LogP) is 4.40. The molecule has 0 saturated carbocycles. The van der Waals surface area contributed by atoms with Crippen molar-refractivity contribution in [3.8, 4) is 0 Å². The Hall–Kier alpha value is -0.190. The molecule has 2 rings (SSSR count). The number of nitrogens with one attached hydrogen (secondary N) is 1. The van der Waals surface area contributed by atoms with Crippen molar-refractivity contribution in [1.29, 1.82) is 0 Å². The van der Waals surface area contributed by atoms with Gasteiger partial charge in [-0.15, -0.1) is 0 Å². The molecule has 0 saturated heterocycles. The quantitative estimate of drug-likeness (QED) is 0.830. The third kappa shape index (κ3) is 3.15. The van der Waals surface area contributed by atoms with Gasteiger partial charge < -0.3 is 5.32 Å². The number of nitrogens with zero attached hydrogens (tertiary/aromatic N) is 1. The van der Waals surface area contributed by atoms with E-state index in [-0.39, 0.29) is 0 Å². The highest BCUT2D eigenvalue weighted by molar-refractivity contribution is 9.10. The predicted molar refractivity (Wildman–Crippen MR) is 76.7 cm³/mol. The largest absolute Gasteiger partial charge is 0.334 e. The molecule has 1 aromatic rings. The number of anilines is 1. The minimum atomic E-state index is 0.401. The monoisotopic (exact) mass is 318 g/mol. The van der Waals surface area contributed by atoms with Crippen LogP contribution in [0.1, 0.15) is 13.3 Å². The zero-order chi connectivity index (χ0) is 11.5. The van der Waals surface area contributed by atoms with Crippen LogP contribution >= 0.6 is 39.3 Å². The Bertz CT molecular complexity index is 422. The Morgan fingerprint density at radius 2 is 2.38 bits per heavy atom. The summed E-state index contributed by atoms with van der Waals surface area (Å²) in [5.41, 5.74) is 0.908. The van der Waals surface area contributed by atoms with Crippen molar-refractivity contribution in [2.75, 3.05) is 11.1 Å². The van der Waals surface area contributed by atoms with E-state index < -0.39 is 0 Å². The number of hydrogen-bond acceptors (Lipinski definition) is 3. The third-order valence-electron chi connectivity index (χ3n) is 2.28. The van der Waals surface area contributed by atoms with Gasteiger partial charge in [0.2, 0.25) is 0 Å². The number of thioether (sulfide) groups is 1. The first kappa shape index (κ1) is 12.3. The van der Waals surface area contributed by atoms with E-state index in [2.05, 4.69) is 33.2 Å². The fraction of sp³-hybridized carbons (Fsp3) is 0.364. The number of hydrogen-bond donors (Lipinski definition) is 1. The second-order valence-corrected chi connectivity index (χ2v) is 6.08. The Balaban J connectivity index is 2.14. The average molecular weight is 320 g/mol. The summed E-state index contributed by atoms with van der Waals surface area (Å²) < 4.78 is 0.981. The minimum absolute atomic E-state index is 0.401. The van der Waals surface area contributed by atoms with Crippen molar-refractivity contribution in [2.45, 2.75) is 19.4 Å². The summed E-state index contributed by atoms with van der Waals surface area (Å²) in [6, 6.07) is 6.19. The standard InChI is InChI=1S/C11H12BrClN2S/c1-7-4-5-16-11(14-7)15-10-3-2-8(12)6-9(10)13/h2-3,6-7H,4-5H2,1H3,(H,14,15). The maximum Gasteiger partial charge on any atom is 0.161 e. The molecule has 0 fully saturated rings. The van der Waals surface area contributed by atoms with Crippen LogP contribution in [-0.2, 0) is 0 Å². The Labute approximate surface area is 113 Å². The molecule has 1 aromatic carbocycles. The summed E-state index contributed by atoms with van der Waals surface area (Å²) in [5, 5.41) is 4.93. The molecule has 86 valence electrons. The van der Waals surface area contributed by atoms with E-state index in [1.807, 2.05) is 18.2 Å².